The molecule has 1 amide bonds. The minimum absolute atomic E-state index is 0.0968. The fourth-order valence-electron chi connectivity index (χ4n) is 3.59. The summed E-state index contributed by atoms with van der Waals surface area (Å²) < 4.78 is 1.53. The maximum atomic E-state index is 12.7. The van der Waals surface area contributed by atoms with Crippen molar-refractivity contribution in [2.45, 2.75) is 32.4 Å². The average molecular weight is 376 g/mol. The minimum Gasteiger partial charge on any atom is -0.350 e. The van der Waals surface area contributed by atoms with Gasteiger partial charge in [0.25, 0.3) is 5.91 Å². The van der Waals surface area contributed by atoms with Crippen molar-refractivity contribution in [3.63, 3.8) is 0 Å². The van der Waals surface area contributed by atoms with Crippen molar-refractivity contribution < 1.29 is 4.79 Å². The van der Waals surface area contributed by atoms with E-state index in [0.717, 1.165) is 25.2 Å². The van der Waals surface area contributed by atoms with E-state index in [4.69, 9.17) is 0 Å². The van der Waals surface area contributed by atoms with Crippen LogP contribution in [-0.4, -0.2) is 49.6 Å². The Kier molecular flexibility index (Phi) is 4.92. The highest BCUT2D eigenvalue weighted by atomic mass is 16.1. The second-order valence-electron chi connectivity index (χ2n) is 7.74. The molecule has 0 saturated carbocycles. The molecule has 0 radical (unpaired) electrons. The normalized spacial score (nSPS) is 14.5. The Hall–Kier alpha value is -3.06. The van der Waals surface area contributed by atoms with Crippen LogP contribution in [-0.2, 0) is 13.0 Å². The van der Waals surface area contributed by atoms with Gasteiger partial charge in [-0.25, -0.2) is 4.68 Å². The molecule has 0 aliphatic carbocycles. The number of rotatable bonds is 5. The molecule has 2 aromatic carbocycles. The Labute approximate surface area is 164 Å². The molecule has 7 nitrogen and oxygen atoms in total. The van der Waals surface area contributed by atoms with E-state index in [1.165, 1.54) is 22.1 Å². The molecule has 0 bridgehead atoms. The fourth-order valence-corrected chi connectivity index (χ4v) is 3.59. The van der Waals surface area contributed by atoms with Crippen molar-refractivity contribution in [3.8, 4) is 5.69 Å². The summed E-state index contributed by atoms with van der Waals surface area (Å²) in [5.41, 5.74) is 4.01. The molecule has 144 valence electrons. The third-order valence-corrected chi connectivity index (χ3v) is 5.39. The molecule has 1 aliphatic rings. The third kappa shape index (κ3) is 3.80. The number of nitrogens with one attached hydrogen (secondary N) is 1. The number of aromatic nitrogens is 4. The van der Waals surface area contributed by atoms with Crippen molar-refractivity contribution >= 4 is 5.91 Å². The summed E-state index contributed by atoms with van der Waals surface area (Å²) in [7, 11) is 0. The van der Waals surface area contributed by atoms with Crippen LogP contribution in [0.2, 0.25) is 0 Å². The lowest BCUT2D eigenvalue weighted by atomic mass is 9.94. The monoisotopic (exact) mass is 376 g/mol. The van der Waals surface area contributed by atoms with Crippen molar-refractivity contribution in [1.82, 2.24) is 30.4 Å². The van der Waals surface area contributed by atoms with Crippen LogP contribution in [0.1, 0.15) is 35.3 Å². The zero-order valence-corrected chi connectivity index (χ0v) is 16.2. The zero-order chi connectivity index (χ0) is 19.6. The van der Waals surface area contributed by atoms with Crippen LogP contribution in [0, 0.1) is 0 Å². The smallest absolute Gasteiger partial charge is 0.251 e. The predicted molar refractivity (Wildman–Crippen MR) is 106 cm³/mol. The highest BCUT2D eigenvalue weighted by Crippen LogP contribution is 2.25. The van der Waals surface area contributed by atoms with E-state index < -0.39 is 0 Å². The molecule has 0 fully saturated rings. The third-order valence-electron chi connectivity index (χ3n) is 5.39. The first kappa shape index (κ1) is 18.3. The summed E-state index contributed by atoms with van der Waals surface area (Å²) in [5, 5.41) is 14.2. The molecule has 0 saturated heterocycles. The molecular weight excluding hydrogens is 352 g/mol. The van der Waals surface area contributed by atoms with Crippen molar-refractivity contribution in [3.05, 3.63) is 71.5 Å². The molecular formula is C21H24N6O. The SMILES string of the molecule is CC(C)(CNC(=O)c1cccc(-n2cnnn2)c1)N1CCc2ccccc2C1. The van der Waals surface area contributed by atoms with Gasteiger partial charge in [0.05, 0.1) is 5.69 Å². The van der Waals surface area contributed by atoms with Gasteiger partial charge in [0, 0.05) is 30.7 Å². The van der Waals surface area contributed by atoms with Crippen LogP contribution in [0.5, 0.6) is 0 Å². The second-order valence-corrected chi connectivity index (χ2v) is 7.74. The van der Waals surface area contributed by atoms with Gasteiger partial charge in [0.15, 0.2) is 0 Å². The number of fused-ring (bicyclic) bond motifs is 1. The molecule has 0 unspecified atom stereocenters. The van der Waals surface area contributed by atoms with Gasteiger partial charge in [0.1, 0.15) is 6.33 Å². The standard InChI is InChI=1S/C21H24N6O/c1-21(2,26-11-10-16-6-3-4-7-18(16)13-26)14-22-20(28)17-8-5-9-19(12-17)27-15-23-24-25-27/h3-9,12,15H,10-11,13-14H2,1-2H3,(H,22,28). The van der Waals surface area contributed by atoms with Gasteiger partial charge in [-0.15, -0.1) is 5.10 Å². The maximum Gasteiger partial charge on any atom is 0.251 e. The molecule has 3 aromatic rings. The lowest BCUT2D eigenvalue weighted by molar-refractivity contribution is 0.0826. The topological polar surface area (TPSA) is 75.9 Å². The van der Waals surface area contributed by atoms with Crippen LogP contribution < -0.4 is 5.32 Å². The summed E-state index contributed by atoms with van der Waals surface area (Å²) in [5.74, 6) is -0.0968. The van der Waals surface area contributed by atoms with Crippen LogP contribution in [0.3, 0.4) is 0 Å². The number of tetrazole rings is 1. The second kappa shape index (κ2) is 7.52. The van der Waals surface area contributed by atoms with Gasteiger partial charge >= 0.3 is 0 Å². The van der Waals surface area contributed by atoms with E-state index in [9.17, 15) is 4.79 Å². The average Bonchev–Trinajstić information content (AvgIpc) is 3.27. The molecule has 1 N–H and O–H groups in total. The molecule has 7 heteroatoms. The van der Waals surface area contributed by atoms with E-state index in [2.05, 4.69) is 63.9 Å². The Balaban J connectivity index is 1.41. The number of nitrogens with zero attached hydrogens (tertiary/aromatic N) is 5. The van der Waals surface area contributed by atoms with Crippen LogP contribution >= 0.6 is 0 Å². The molecule has 1 aliphatic heterocycles. The largest absolute Gasteiger partial charge is 0.350 e. The first-order valence-electron chi connectivity index (χ1n) is 9.46. The number of carbonyl (C=O) groups excluding carboxylic acids is 1. The number of hydrogen-bond acceptors (Lipinski definition) is 5. The number of benzene rings is 2. The Bertz CT molecular complexity index is 967. The zero-order valence-electron chi connectivity index (χ0n) is 16.2. The summed E-state index contributed by atoms with van der Waals surface area (Å²) in [4.78, 5) is 15.1. The van der Waals surface area contributed by atoms with E-state index in [-0.39, 0.29) is 11.4 Å². The highest BCUT2D eigenvalue weighted by Gasteiger charge is 2.30. The molecule has 2 heterocycles. The number of amides is 1. The Morgan fingerprint density at radius 1 is 1.14 bits per heavy atom. The molecule has 28 heavy (non-hydrogen) atoms. The molecule has 4 rings (SSSR count). The van der Waals surface area contributed by atoms with Crippen LogP contribution in [0.15, 0.2) is 54.9 Å². The summed E-state index contributed by atoms with van der Waals surface area (Å²) in [6.45, 7) is 6.84. The van der Waals surface area contributed by atoms with Gasteiger partial charge in [-0.3, -0.25) is 9.69 Å². The first-order valence-corrected chi connectivity index (χ1v) is 9.46. The lowest BCUT2D eigenvalue weighted by Crippen LogP contribution is -2.53. The Morgan fingerprint density at radius 2 is 1.96 bits per heavy atom. The maximum absolute atomic E-state index is 12.7. The van der Waals surface area contributed by atoms with Crippen molar-refractivity contribution in [1.29, 1.82) is 0 Å². The van der Waals surface area contributed by atoms with Crippen LogP contribution in [0.25, 0.3) is 5.69 Å². The number of carbonyl (C=O) groups is 1. The quantitative estimate of drug-likeness (QED) is 0.739. The predicted octanol–water partition coefficient (Wildman–Crippen LogP) is 2.23. The van der Waals surface area contributed by atoms with Gasteiger partial charge < -0.3 is 5.32 Å². The summed E-state index contributed by atoms with van der Waals surface area (Å²) in [6, 6.07) is 15.9. The fraction of sp³-hybridized carbons (Fsp3) is 0.333. The molecule has 1 aromatic heterocycles. The Morgan fingerprint density at radius 3 is 2.75 bits per heavy atom. The molecule has 0 atom stereocenters. The summed E-state index contributed by atoms with van der Waals surface area (Å²) in [6.07, 6.45) is 2.55. The van der Waals surface area contributed by atoms with Crippen LogP contribution in [0.4, 0.5) is 0 Å². The number of hydrogen-bond donors (Lipinski definition) is 1. The highest BCUT2D eigenvalue weighted by molar-refractivity contribution is 5.94. The van der Waals surface area contributed by atoms with Crippen molar-refractivity contribution in [2.24, 2.45) is 0 Å². The molecule has 0 spiro atoms. The van der Waals surface area contributed by atoms with Gasteiger partial charge in [0.2, 0.25) is 0 Å². The van der Waals surface area contributed by atoms with Gasteiger partial charge in [-0.2, -0.15) is 0 Å². The van der Waals surface area contributed by atoms with Crippen molar-refractivity contribution in [2.75, 3.05) is 13.1 Å². The van der Waals surface area contributed by atoms with E-state index in [0.29, 0.717) is 12.1 Å². The minimum atomic E-state index is -0.142. The van der Waals surface area contributed by atoms with Gasteiger partial charge in [-0.1, -0.05) is 30.3 Å². The van der Waals surface area contributed by atoms with E-state index in [1.54, 1.807) is 12.1 Å². The summed E-state index contributed by atoms with van der Waals surface area (Å²) >= 11 is 0. The van der Waals surface area contributed by atoms with Gasteiger partial charge in [-0.05, 0) is 60.0 Å². The van der Waals surface area contributed by atoms with E-state index >= 15 is 0 Å². The lowest BCUT2D eigenvalue weighted by Gasteiger charge is -2.41. The first-order chi connectivity index (χ1) is 13.5. The van der Waals surface area contributed by atoms with E-state index in [1.807, 2.05) is 12.1 Å².